The standard InChI is InChI=1S/C13H15N3/c1-4-7-10(5-2)16-12-8-9-15-13(14)11(12)6-3/h4-9H,1-3H2,(H3,14,15,16)/b10-7+. The zero-order valence-corrected chi connectivity index (χ0v) is 9.11. The smallest absolute Gasteiger partial charge is 0.132 e. The van der Waals surface area contributed by atoms with Crippen LogP contribution in [-0.4, -0.2) is 4.98 Å². The second-order valence-corrected chi connectivity index (χ2v) is 3.05. The number of allylic oxidation sites excluding steroid dienone is 3. The third-order valence-corrected chi connectivity index (χ3v) is 2.02. The molecule has 0 aromatic carbocycles. The van der Waals surface area contributed by atoms with Gasteiger partial charge in [-0.2, -0.15) is 0 Å². The Balaban J connectivity index is 3.09. The van der Waals surface area contributed by atoms with Crippen LogP contribution in [0.15, 0.2) is 55.9 Å². The first kappa shape index (κ1) is 11.8. The van der Waals surface area contributed by atoms with Gasteiger partial charge in [-0.25, -0.2) is 4.98 Å². The Bertz CT molecular complexity index is 444. The third kappa shape index (κ3) is 2.60. The molecule has 0 radical (unpaired) electrons. The largest absolute Gasteiger partial charge is 0.383 e. The van der Waals surface area contributed by atoms with Crippen molar-refractivity contribution in [1.82, 2.24) is 4.98 Å². The van der Waals surface area contributed by atoms with Crippen LogP contribution in [0.3, 0.4) is 0 Å². The molecule has 0 aliphatic carbocycles. The van der Waals surface area contributed by atoms with Crippen molar-refractivity contribution in [2.24, 2.45) is 0 Å². The first-order valence-electron chi connectivity index (χ1n) is 4.82. The van der Waals surface area contributed by atoms with Crippen LogP contribution in [0.25, 0.3) is 6.08 Å². The van der Waals surface area contributed by atoms with Crippen molar-refractivity contribution in [2.45, 2.75) is 0 Å². The van der Waals surface area contributed by atoms with Crippen LogP contribution in [0.2, 0.25) is 0 Å². The lowest BCUT2D eigenvalue weighted by Gasteiger charge is -2.11. The molecule has 1 aromatic heterocycles. The van der Waals surface area contributed by atoms with E-state index < -0.39 is 0 Å². The van der Waals surface area contributed by atoms with Crippen molar-refractivity contribution < 1.29 is 0 Å². The zero-order chi connectivity index (χ0) is 12.0. The van der Waals surface area contributed by atoms with Gasteiger partial charge in [0.25, 0.3) is 0 Å². The quantitative estimate of drug-likeness (QED) is 0.739. The van der Waals surface area contributed by atoms with E-state index in [4.69, 9.17) is 5.73 Å². The first-order chi connectivity index (χ1) is 7.72. The number of rotatable bonds is 5. The van der Waals surface area contributed by atoms with Crippen LogP contribution in [-0.2, 0) is 0 Å². The molecule has 1 heterocycles. The lowest BCUT2D eigenvalue weighted by atomic mass is 10.2. The van der Waals surface area contributed by atoms with Crippen molar-refractivity contribution >= 4 is 17.6 Å². The lowest BCUT2D eigenvalue weighted by Crippen LogP contribution is -2.02. The predicted molar refractivity (Wildman–Crippen MR) is 70.8 cm³/mol. The number of pyridine rings is 1. The summed E-state index contributed by atoms with van der Waals surface area (Å²) in [7, 11) is 0. The molecule has 0 bridgehead atoms. The number of nitrogen functional groups attached to an aromatic ring is 1. The van der Waals surface area contributed by atoms with Crippen LogP contribution < -0.4 is 11.1 Å². The average Bonchev–Trinajstić information content (AvgIpc) is 2.28. The summed E-state index contributed by atoms with van der Waals surface area (Å²) >= 11 is 0. The summed E-state index contributed by atoms with van der Waals surface area (Å²) in [5.74, 6) is 0.446. The molecule has 0 spiro atoms. The number of nitrogens with zero attached hydrogens (tertiary/aromatic N) is 1. The Labute approximate surface area is 95.7 Å². The summed E-state index contributed by atoms with van der Waals surface area (Å²) in [6, 6.07) is 1.83. The Morgan fingerprint density at radius 2 is 2.12 bits per heavy atom. The topological polar surface area (TPSA) is 50.9 Å². The van der Waals surface area contributed by atoms with Gasteiger partial charge in [-0.1, -0.05) is 31.9 Å². The summed E-state index contributed by atoms with van der Waals surface area (Å²) in [5.41, 5.74) is 8.19. The maximum Gasteiger partial charge on any atom is 0.132 e. The van der Waals surface area contributed by atoms with E-state index >= 15 is 0 Å². The molecular formula is C13H15N3. The third-order valence-electron chi connectivity index (χ3n) is 2.02. The number of nitrogens with one attached hydrogen (secondary N) is 1. The van der Waals surface area contributed by atoms with E-state index in [1.165, 1.54) is 0 Å². The van der Waals surface area contributed by atoms with Crippen molar-refractivity contribution in [3.63, 3.8) is 0 Å². The number of aromatic nitrogens is 1. The minimum Gasteiger partial charge on any atom is -0.383 e. The molecule has 0 amide bonds. The van der Waals surface area contributed by atoms with Gasteiger partial charge >= 0.3 is 0 Å². The van der Waals surface area contributed by atoms with Crippen LogP contribution in [0.5, 0.6) is 0 Å². The molecule has 1 rings (SSSR count). The second kappa shape index (κ2) is 5.56. The highest BCUT2D eigenvalue weighted by atomic mass is 14.9. The van der Waals surface area contributed by atoms with Gasteiger partial charge in [-0.3, -0.25) is 0 Å². The minimum absolute atomic E-state index is 0.446. The highest BCUT2D eigenvalue weighted by molar-refractivity contribution is 5.75. The molecule has 0 atom stereocenters. The molecular weight excluding hydrogens is 198 g/mol. The van der Waals surface area contributed by atoms with Crippen LogP contribution >= 0.6 is 0 Å². The van der Waals surface area contributed by atoms with Gasteiger partial charge in [0.05, 0.1) is 5.69 Å². The molecule has 16 heavy (non-hydrogen) atoms. The molecule has 82 valence electrons. The van der Waals surface area contributed by atoms with E-state index in [0.717, 1.165) is 16.9 Å². The van der Waals surface area contributed by atoms with E-state index in [-0.39, 0.29) is 0 Å². The zero-order valence-electron chi connectivity index (χ0n) is 9.11. The number of nitrogens with two attached hydrogens (primary N) is 1. The van der Waals surface area contributed by atoms with Crippen LogP contribution in [0.1, 0.15) is 5.56 Å². The fraction of sp³-hybridized carbons (Fsp3) is 0. The van der Waals surface area contributed by atoms with Crippen molar-refractivity contribution in [3.05, 3.63) is 61.5 Å². The second-order valence-electron chi connectivity index (χ2n) is 3.05. The summed E-state index contributed by atoms with van der Waals surface area (Å²) in [6.07, 6.45) is 8.50. The van der Waals surface area contributed by atoms with E-state index in [1.54, 1.807) is 24.4 Å². The number of hydrogen-bond donors (Lipinski definition) is 2. The summed E-state index contributed by atoms with van der Waals surface area (Å²) in [5, 5.41) is 3.17. The lowest BCUT2D eigenvalue weighted by molar-refractivity contribution is 1.31. The minimum atomic E-state index is 0.446. The number of anilines is 2. The maximum absolute atomic E-state index is 5.74. The molecule has 0 saturated carbocycles. The maximum atomic E-state index is 5.74. The van der Waals surface area contributed by atoms with Crippen molar-refractivity contribution in [1.29, 1.82) is 0 Å². The summed E-state index contributed by atoms with van der Waals surface area (Å²) in [4.78, 5) is 3.99. The monoisotopic (exact) mass is 213 g/mol. The highest BCUT2D eigenvalue weighted by Crippen LogP contribution is 2.22. The molecule has 0 saturated heterocycles. The Morgan fingerprint density at radius 1 is 1.38 bits per heavy atom. The normalized spacial score (nSPS) is 10.6. The van der Waals surface area contributed by atoms with E-state index in [9.17, 15) is 0 Å². The molecule has 1 aromatic rings. The van der Waals surface area contributed by atoms with Gasteiger partial charge < -0.3 is 11.1 Å². The van der Waals surface area contributed by atoms with Gasteiger partial charge in [0, 0.05) is 17.5 Å². The fourth-order valence-corrected chi connectivity index (χ4v) is 1.26. The van der Waals surface area contributed by atoms with Crippen LogP contribution in [0, 0.1) is 0 Å². The van der Waals surface area contributed by atoms with Gasteiger partial charge in [-0.15, -0.1) is 0 Å². The molecule has 0 aliphatic heterocycles. The van der Waals surface area contributed by atoms with Crippen LogP contribution in [0.4, 0.5) is 11.5 Å². The van der Waals surface area contributed by atoms with E-state index in [1.807, 2.05) is 12.1 Å². The molecule has 0 unspecified atom stereocenters. The molecule has 3 heteroatoms. The Kier molecular flexibility index (Phi) is 4.09. The predicted octanol–water partition coefficient (Wildman–Crippen LogP) is 2.97. The van der Waals surface area contributed by atoms with Gasteiger partial charge in [-0.05, 0) is 18.2 Å². The van der Waals surface area contributed by atoms with Gasteiger partial charge in [0.2, 0.25) is 0 Å². The summed E-state index contributed by atoms with van der Waals surface area (Å²) in [6.45, 7) is 11.0. The fourth-order valence-electron chi connectivity index (χ4n) is 1.26. The van der Waals surface area contributed by atoms with Crippen molar-refractivity contribution in [3.8, 4) is 0 Å². The van der Waals surface area contributed by atoms with Crippen molar-refractivity contribution in [2.75, 3.05) is 11.1 Å². The van der Waals surface area contributed by atoms with E-state index in [2.05, 4.69) is 30.0 Å². The highest BCUT2D eigenvalue weighted by Gasteiger charge is 2.03. The first-order valence-corrected chi connectivity index (χ1v) is 4.82. The average molecular weight is 213 g/mol. The van der Waals surface area contributed by atoms with Gasteiger partial charge in [0.1, 0.15) is 5.82 Å². The Hall–Kier alpha value is -2.29. The van der Waals surface area contributed by atoms with Gasteiger partial charge in [0.15, 0.2) is 0 Å². The van der Waals surface area contributed by atoms with E-state index in [0.29, 0.717) is 5.82 Å². The molecule has 0 fully saturated rings. The Morgan fingerprint density at radius 3 is 2.69 bits per heavy atom. The molecule has 3 nitrogen and oxygen atoms in total. The molecule has 0 aliphatic rings. The molecule has 3 N–H and O–H groups in total. The summed E-state index contributed by atoms with van der Waals surface area (Å²) < 4.78 is 0. The number of hydrogen-bond acceptors (Lipinski definition) is 3. The SMILES string of the molecule is C=C/C=C(\C=C)Nc1ccnc(N)c1C=C.